The molecule has 2 amide bonds. The number of benzene rings is 1. The van der Waals surface area contributed by atoms with Crippen molar-refractivity contribution in [3.8, 4) is 0 Å². The molecule has 6 heteroatoms. The maximum Gasteiger partial charge on any atom is 0.226 e. The van der Waals surface area contributed by atoms with Gasteiger partial charge in [-0.05, 0) is 56.5 Å². The quantitative estimate of drug-likeness (QED) is 0.874. The molecule has 5 nitrogen and oxygen atoms in total. The zero-order valence-corrected chi connectivity index (χ0v) is 14.7. The number of piperidine rings is 2. The van der Waals surface area contributed by atoms with Crippen LogP contribution >= 0.6 is 12.4 Å². The normalized spacial score (nSPS) is 18.8. The Morgan fingerprint density at radius 3 is 2.54 bits per heavy atom. The molecule has 1 aromatic carbocycles. The summed E-state index contributed by atoms with van der Waals surface area (Å²) < 4.78 is 0. The van der Waals surface area contributed by atoms with Crippen molar-refractivity contribution in [2.45, 2.75) is 38.6 Å². The van der Waals surface area contributed by atoms with Crippen LogP contribution in [0.2, 0.25) is 0 Å². The van der Waals surface area contributed by atoms with Crippen molar-refractivity contribution < 1.29 is 9.59 Å². The maximum absolute atomic E-state index is 12.1. The first-order valence-corrected chi connectivity index (χ1v) is 8.62. The van der Waals surface area contributed by atoms with Crippen LogP contribution in [-0.4, -0.2) is 31.4 Å². The minimum atomic E-state index is 0. The summed E-state index contributed by atoms with van der Waals surface area (Å²) in [4.78, 5) is 25.9. The Morgan fingerprint density at radius 2 is 1.88 bits per heavy atom. The number of nitrogens with zero attached hydrogens (tertiary/aromatic N) is 1. The molecule has 0 radical (unpaired) electrons. The predicted octanol–water partition coefficient (Wildman–Crippen LogP) is 2.24. The summed E-state index contributed by atoms with van der Waals surface area (Å²) >= 11 is 0. The summed E-state index contributed by atoms with van der Waals surface area (Å²) in [6.45, 7) is 3.22. The van der Waals surface area contributed by atoms with Crippen molar-refractivity contribution in [1.82, 2.24) is 10.6 Å². The molecule has 0 aliphatic carbocycles. The number of amides is 2. The molecule has 2 fully saturated rings. The number of hydrogen-bond donors (Lipinski definition) is 2. The Labute approximate surface area is 149 Å². The van der Waals surface area contributed by atoms with Crippen molar-refractivity contribution in [3.05, 3.63) is 29.8 Å². The van der Waals surface area contributed by atoms with Crippen LogP contribution in [0.5, 0.6) is 0 Å². The Hall–Kier alpha value is -1.59. The average Bonchev–Trinajstić information content (AvgIpc) is 2.61. The topological polar surface area (TPSA) is 61.4 Å². The molecule has 132 valence electrons. The first kappa shape index (κ1) is 18.7. The van der Waals surface area contributed by atoms with Gasteiger partial charge in [-0.2, -0.15) is 0 Å². The van der Waals surface area contributed by atoms with Crippen molar-refractivity contribution in [3.63, 3.8) is 0 Å². The Bertz CT molecular complexity index is 556. The number of nitrogens with one attached hydrogen (secondary N) is 2. The fraction of sp³-hybridized carbons (Fsp3) is 0.556. The van der Waals surface area contributed by atoms with E-state index in [0.717, 1.165) is 56.6 Å². The van der Waals surface area contributed by atoms with Crippen molar-refractivity contribution >= 4 is 29.9 Å². The zero-order valence-electron chi connectivity index (χ0n) is 13.9. The molecular weight excluding hydrogens is 326 g/mol. The largest absolute Gasteiger partial charge is 0.352 e. The molecule has 2 aliphatic rings. The molecule has 0 bridgehead atoms. The summed E-state index contributed by atoms with van der Waals surface area (Å²) in [5.74, 6) is 0.506. The lowest BCUT2D eigenvalue weighted by atomic mass is 9.97. The summed E-state index contributed by atoms with van der Waals surface area (Å²) in [6.07, 6.45) is 4.55. The number of carbonyl (C=O) groups excluding carboxylic acids is 2. The summed E-state index contributed by atoms with van der Waals surface area (Å²) in [7, 11) is 0. The van der Waals surface area contributed by atoms with Gasteiger partial charge in [0.1, 0.15) is 0 Å². The van der Waals surface area contributed by atoms with E-state index in [0.29, 0.717) is 13.0 Å². The molecule has 1 aromatic rings. The molecule has 0 saturated carbocycles. The van der Waals surface area contributed by atoms with E-state index < -0.39 is 0 Å². The Kier molecular flexibility index (Phi) is 7.06. The second kappa shape index (κ2) is 9.04. The Balaban J connectivity index is 0.00000208. The first-order chi connectivity index (χ1) is 11.2. The van der Waals surface area contributed by atoms with Crippen molar-refractivity contribution in [2.24, 2.45) is 5.92 Å². The summed E-state index contributed by atoms with van der Waals surface area (Å²) in [5, 5.41) is 6.30. The minimum Gasteiger partial charge on any atom is -0.352 e. The third-order valence-corrected chi connectivity index (χ3v) is 4.75. The lowest BCUT2D eigenvalue weighted by Crippen LogP contribution is -2.37. The zero-order chi connectivity index (χ0) is 16.1. The van der Waals surface area contributed by atoms with E-state index in [1.54, 1.807) is 0 Å². The molecular formula is C18H26ClN3O2. The van der Waals surface area contributed by atoms with Gasteiger partial charge in [0.15, 0.2) is 0 Å². The fourth-order valence-electron chi connectivity index (χ4n) is 3.29. The van der Waals surface area contributed by atoms with Gasteiger partial charge >= 0.3 is 0 Å². The predicted molar refractivity (Wildman–Crippen MR) is 97.3 cm³/mol. The van der Waals surface area contributed by atoms with E-state index in [4.69, 9.17) is 0 Å². The van der Waals surface area contributed by atoms with E-state index in [1.807, 2.05) is 29.2 Å². The number of halogens is 1. The second-order valence-electron chi connectivity index (χ2n) is 6.41. The smallest absolute Gasteiger partial charge is 0.226 e. The molecule has 2 heterocycles. The van der Waals surface area contributed by atoms with E-state index in [2.05, 4.69) is 10.6 Å². The fourth-order valence-corrected chi connectivity index (χ4v) is 3.29. The number of anilines is 1. The lowest BCUT2D eigenvalue weighted by molar-refractivity contribution is -0.126. The third-order valence-electron chi connectivity index (χ3n) is 4.75. The lowest BCUT2D eigenvalue weighted by Gasteiger charge is -2.27. The standard InChI is InChI=1S/C18H25N3O2.ClH/c22-17-3-1-2-12-21(17)16-6-4-14(5-7-16)13-20-18(23)15-8-10-19-11-9-15;/h4-7,15,19H,1-3,8-13H2,(H,20,23);1H. The van der Waals surface area contributed by atoms with E-state index >= 15 is 0 Å². The van der Waals surface area contributed by atoms with E-state index in [9.17, 15) is 9.59 Å². The second-order valence-corrected chi connectivity index (χ2v) is 6.41. The van der Waals surface area contributed by atoms with Crippen LogP contribution in [0.15, 0.2) is 24.3 Å². The van der Waals surface area contributed by atoms with Crippen LogP contribution < -0.4 is 15.5 Å². The highest BCUT2D eigenvalue weighted by Crippen LogP contribution is 2.21. The average molecular weight is 352 g/mol. The van der Waals surface area contributed by atoms with Gasteiger partial charge in [0.25, 0.3) is 0 Å². The van der Waals surface area contributed by atoms with Gasteiger partial charge in [0.2, 0.25) is 11.8 Å². The third kappa shape index (κ3) is 4.71. The monoisotopic (exact) mass is 351 g/mol. The number of carbonyl (C=O) groups is 2. The van der Waals surface area contributed by atoms with Gasteiger partial charge in [0, 0.05) is 31.1 Å². The van der Waals surface area contributed by atoms with Gasteiger partial charge in [0.05, 0.1) is 0 Å². The van der Waals surface area contributed by atoms with Gasteiger partial charge < -0.3 is 15.5 Å². The van der Waals surface area contributed by atoms with Crippen LogP contribution in [0.3, 0.4) is 0 Å². The van der Waals surface area contributed by atoms with Gasteiger partial charge in [-0.3, -0.25) is 9.59 Å². The van der Waals surface area contributed by atoms with E-state index in [-0.39, 0.29) is 30.1 Å². The molecule has 0 unspecified atom stereocenters. The number of rotatable bonds is 4. The molecule has 0 aromatic heterocycles. The molecule has 0 atom stereocenters. The molecule has 2 saturated heterocycles. The highest BCUT2D eigenvalue weighted by atomic mass is 35.5. The highest BCUT2D eigenvalue weighted by Gasteiger charge is 2.21. The van der Waals surface area contributed by atoms with Crippen LogP contribution in [0.1, 0.15) is 37.7 Å². The van der Waals surface area contributed by atoms with Gasteiger partial charge in [-0.15, -0.1) is 12.4 Å². The van der Waals surface area contributed by atoms with Crippen molar-refractivity contribution in [2.75, 3.05) is 24.5 Å². The number of hydrogen-bond acceptors (Lipinski definition) is 3. The molecule has 2 aliphatic heterocycles. The maximum atomic E-state index is 12.1. The van der Waals surface area contributed by atoms with Gasteiger partial charge in [-0.1, -0.05) is 12.1 Å². The minimum absolute atomic E-state index is 0. The highest BCUT2D eigenvalue weighted by molar-refractivity contribution is 5.93. The Morgan fingerprint density at radius 1 is 1.17 bits per heavy atom. The van der Waals surface area contributed by atoms with E-state index in [1.165, 1.54) is 0 Å². The first-order valence-electron chi connectivity index (χ1n) is 8.62. The van der Waals surface area contributed by atoms with Crippen LogP contribution in [-0.2, 0) is 16.1 Å². The van der Waals surface area contributed by atoms with Crippen LogP contribution in [0, 0.1) is 5.92 Å². The molecule has 24 heavy (non-hydrogen) atoms. The van der Waals surface area contributed by atoms with Crippen LogP contribution in [0.4, 0.5) is 5.69 Å². The summed E-state index contributed by atoms with van der Waals surface area (Å²) in [6, 6.07) is 7.96. The van der Waals surface area contributed by atoms with Crippen LogP contribution in [0.25, 0.3) is 0 Å². The molecule has 0 spiro atoms. The summed E-state index contributed by atoms with van der Waals surface area (Å²) in [5.41, 5.74) is 2.03. The SMILES string of the molecule is Cl.O=C(NCc1ccc(N2CCCCC2=O)cc1)C1CCNCC1. The van der Waals surface area contributed by atoms with Gasteiger partial charge in [-0.25, -0.2) is 0 Å². The van der Waals surface area contributed by atoms with Crippen molar-refractivity contribution in [1.29, 1.82) is 0 Å². The molecule has 2 N–H and O–H groups in total. The molecule has 3 rings (SSSR count).